The SMILES string of the molecule is COc1ccc(C2(C)CC(=O)N2)cc1OC. The number of nitrogens with one attached hydrogen (secondary N) is 1. The summed E-state index contributed by atoms with van der Waals surface area (Å²) in [6, 6.07) is 5.70. The van der Waals surface area contributed by atoms with Gasteiger partial charge in [-0.15, -0.1) is 0 Å². The van der Waals surface area contributed by atoms with Gasteiger partial charge in [-0.2, -0.15) is 0 Å². The average Bonchev–Trinajstić information content (AvgIpc) is 2.26. The van der Waals surface area contributed by atoms with Crippen LogP contribution in [0.3, 0.4) is 0 Å². The second-order valence-electron chi connectivity index (χ2n) is 4.13. The molecule has 1 aliphatic rings. The number of β-lactam (4-membered cyclic amide) rings is 1. The van der Waals surface area contributed by atoms with Crippen LogP contribution in [0.5, 0.6) is 11.5 Å². The molecule has 0 spiro atoms. The summed E-state index contributed by atoms with van der Waals surface area (Å²) in [5.41, 5.74) is 0.765. The second kappa shape index (κ2) is 3.70. The molecule has 0 radical (unpaired) electrons. The quantitative estimate of drug-likeness (QED) is 0.786. The van der Waals surface area contributed by atoms with Crippen molar-refractivity contribution in [2.45, 2.75) is 18.9 Å². The molecule has 16 heavy (non-hydrogen) atoms. The van der Waals surface area contributed by atoms with Gasteiger partial charge in [-0.3, -0.25) is 4.79 Å². The predicted octanol–water partition coefficient (Wildman–Crippen LogP) is 1.44. The van der Waals surface area contributed by atoms with Crippen LogP contribution in [0.15, 0.2) is 18.2 Å². The number of methoxy groups -OCH3 is 2. The van der Waals surface area contributed by atoms with Gasteiger partial charge in [-0.05, 0) is 24.6 Å². The van der Waals surface area contributed by atoms with Crippen molar-refractivity contribution >= 4 is 5.91 Å². The molecule has 1 fully saturated rings. The molecule has 1 atom stereocenters. The summed E-state index contributed by atoms with van der Waals surface area (Å²) in [5, 5.41) is 2.89. The number of rotatable bonds is 3. The van der Waals surface area contributed by atoms with Crippen LogP contribution in [0.2, 0.25) is 0 Å². The minimum Gasteiger partial charge on any atom is -0.493 e. The summed E-state index contributed by atoms with van der Waals surface area (Å²) < 4.78 is 10.4. The van der Waals surface area contributed by atoms with E-state index in [9.17, 15) is 4.79 Å². The van der Waals surface area contributed by atoms with E-state index in [2.05, 4.69) is 5.32 Å². The van der Waals surface area contributed by atoms with Crippen molar-refractivity contribution in [2.75, 3.05) is 14.2 Å². The lowest BCUT2D eigenvalue weighted by atomic mass is 9.82. The first-order chi connectivity index (χ1) is 7.59. The van der Waals surface area contributed by atoms with Crippen LogP contribution < -0.4 is 14.8 Å². The average molecular weight is 221 g/mol. The third-order valence-electron chi connectivity index (χ3n) is 2.95. The van der Waals surface area contributed by atoms with Crippen molar-refractivity contribution in [1.82, 2.24) is 5.32 Å². The van der Waals surface area contributed by atoms with E-state index in [0.29, 0.717) is 17.9 Å². The van der Waals surface area contributed by atoms with Gasteiger partial charge >= 0.3 is 0 Å². The summed E-state index contributed by atoms with van der Waals surface area (Å²) in [6.45, 7) is 2.00. The number of carbonyl (C=O) groups is 1. The zero-order chi connectivity index (χ0) is 11.8. The molecule has 1 amide bonds. The Hall–Kier alpha value is -1.71. The van der Waals surface area contributed by atoms with E-state index >= 15 is 0 Å². The van der Waals surface area contributed by atoms with Crippen molar-refractivity contribution < 1.29 is 14.3 Å². The molecule has 1 aliphatic heterocycles. The highest BCUT2D eigenvalue weighted by Gasteiger charge is 2.40. The molecule has 1 heterocycles. The molecular formula is C12H15NO3. The van der Waals surface area contributed by atoms with Gasteiger partial charge in [0.1, 0.15) is 0 Å². The molecular weight excluding hydrogens is 206 g/mol. The largest absolute Gasteiger partial charge is 0.493 e. The van der Waals surface area contributed by atoms with Gasteiger partial charge < -0.3 is 14.8 Å². The highest BCUT2D eigenvalue weighted by Crippen LogP contribution is 2.36. The smallest absolute Gasteiger partial charge is 0.223 e. The van der Waals surface area contributed by atoms with Gasteiger partial charge in [0.15, 0.2) is 11.5 Å². The van der Waals surface area contributed by atoms with E-state index in [1.165, 1.54) is 0 Å². The topological polar surface area (TPSA) is 47.6 Å². The van der Waals surface area contributed by atoms with Gasteiger partial charge in [-0.1, -0.05) is 6.07 Å². The Labute approximate surface area is 94.6 Å². The number of hydrogen-bond donors (Lipinski definition) is 1. The fraction of sp³-hybridized carbons (Fsp3) is 0.417. The lowest BCUT2D eigenvalue weighted by Gasteiger charge is -2.39. The Bertz CT molecular complexity index is 420. The zero-order valence-corrected chi connectivity index (χ0v) is 9.66. The number of amides is 1. The first kappa shape index (κ1) is 10.8. The summed E-state index contributed by atoms with van der Waals surface area (Å²) in [5.74, 6) is 1.46. The van der Waals surface area contributed by atoms with Crippen molar-refractivity contribution in [3.8, 4) is 11.5 Å². The minimum absolute atomic E-state index is 0.0808. The molecule has 1 saturated heterocycles. The van der Waals surface area contributed by atoms with Crippen LogP contribution in [-0.4, -0.2) is 20.1 Å². The van der Waals surface area contributed by atoms with Crippen LogP contribution in [0.25, 0.3) is 0 Å². The lowest BCUT2D eigenvalue weighted by molar-refractivity contribution is -0.132. The molecule has 0 bridgehead atoms. The van der Waals surface area contributed by atoms with Crippen molar-refractivity contribution in [3.05, 3.63) is 23.8 Å². The van der Waals surface area contributed by atoms with Crippen molar-refractivity contribution in [3.63, 3.8) is 0 Å². The Morgan fingerprint density at radius 2 is 1.88 bits per heavy atom. The molecule has 0 aromatic heterocycles. The predicted molar refractivity (Wildman–Crippen MR) is 59.7 cm³/mol. The van der Waals surface area contributed by atoms with Crippen LogP contribution in [0.4, 0.5) is 0 Å². The van der Waals surface area contributed by atoms with Crippen LogP contribution in [0, 0.1) is 0 Å². The first-order valence-corrected chi connectivity index (χ1v) is 5.12. The Morgan fingerprint density at radius 1 is 1.25 bits per heavy atom. The summed E-state index contributed by atoms with van der Waals surface area (Å²) in [4.78, 5) is 11.0. The molecule has 2 rings (SSSR count). The molecule has 0 saturated carbocycles. The van der Waals surface area contributed by atoms with E-state index in [-0.39, 0.29) is 11.4 Å². The first-order valence-electron chi connectivity index (χ1n) is 5.12. The highest BCUT2D eigenvalue weighted by atomic mass is 16.5. The molecule has 1 aromatic carbocycles. The number of hydrogen-bond acceptors (Lipinski definition) is 3. The molecule has 86 valence electrons. The molecule has 0 aliphatic carbocycles. The zero-order valence-electron chi connectivity index (χ0n) is 9.66. The van der Waals surface area contributed by atoms with Crippen LogP contribution in [-0.2, 0) is 10.3 Å². The van der Waals surface area contributed by atoms with E-state index in [0.717, 1.165) is 5.56 Å². The maximum atomic E-state index is 11.0. The van der Waals surface area contributed by atoms with Crippen molar-refractivity contribution in [1.29, 1.82) is 0 Å². The standard InChI is InChI=1S/C12H15NO3/c1-12(7-11(14)13-12)8-4-5-9(15-2)10(6-8)16-3/h4-6H,7H2,1-3H3,(H,13,14). The van der Waals surface area contributed by atoms with Gasteiger partial charge in [0.25, 0.3) is 0 Å². The summed E-state index contributed by atoms with van der Waals surface area (Å²) >= 11 is 0. The van der Waals surface area contributed by atoms with Gasteiger partial charge in [0, 0.05) is 0 Å². The normalized spacial score (nSPS) is 23.3. The minimum atomic E-state index is -0.267. The molecule has 1 N–H and O–H groups in total. The molecule has 4 nitrogen and oxygen atoms in total. The fourth-order valence-corrected chi connectivity index (χ4v) is 1.96. The monoisotopic (exact) mass is 221 g/mol. The van der Waals surface area contributed by atoms with Crippen molar-refractivity contribution in [2.24, 2.45) is 0 Å². The second-order valence-corrected chi connectivity index (χ2v) is 4.13. The van der Waals surface area contributed by atoms with Crippen LogP contribution >= 0.6 is 0 Å². The molecule has 4 heteroatoms. The summed E-state index contributed by atoms with van der Waals surface area (Å²) in [7, 11) is 3.20. The third kappa shape index (κ3) is 1.60. The van der Waals surface area contributed by atoms with E-state index in [1.54, 1.807) is 14.2 Å². The number of benzene rings is 1. The fourth-order valence-electron chi connectivity index (χ4n) is 1.96. The number of carbonyl (C=O) groups excluding carboxylic acids is 1. The van der Waals surface area contributed by atoms with Gasteiger partial charge in [-0.25, -0.2) is 0 Å². The van der Waals surface area contributed by atoms with Crippen LogP contribution in [0.1, 0.15) is 18.9 Å². The maximum Gasteiger partial charge on any atom is 0.223 e. The van der Waals surface area contributed by atoms with Gasteiger partial charge in [0.2, 0.25) is 5.91 Å². The Kier molecular flexibility index (Phi) is 2.50. The Morgan fingerprint density at radius 3 is 2.38 bits per heavy atom. The van der Waals surface area contributed by atoms with E-state index in [4.69, 9.17) is 9.47 Å². The number of ether oxygens (including phenoxy) is 2. The van der Waals surface area contributed by atoms with Gasteiger partial charge in [0.05, 0.1) is 26.2 Å². The van der Waals surface area contributed by atoms with E-state index < -0.39 is 0 Å². The lowest BCUT2D eigenvalue weighted by Crippen LogP contribution is -2.56. The molecule has 1 unspecified atom stereocenters. The maximum absolute atomic E-state index is 11.0. The third-order valence-corrected chi connectivity index (χ3v) is 2.95. The highest BCUT2D eigenvalue weighted by molar-refractivity contribution is 5.85. The summed E-state index contributed by atoms with van der Waals surface area (Å²) in [6.07, 6.45) is 0.516. The van der Waals surface area contributed by atoms with E-state index in [1.807, 2.05) is 25.1 Å². The molecule has 1 aromatic rings. The Balaban J connectivity index is 2.33.